The van der Waals surface area contributed by atoms with Crippen molar-refractivity contribution < 1.29 is 9.59 Å². The Hall–Kier alpha value is -1.61. The molecule has 1 heterocycles. The van der Waals surface area contributed by atoms with Gasteiger partial charge in [0.25, 0.3) is 0 Å². The number of carbonyl (C=O) groups excluding carboxylic acids is 2. The molecule has 112 valence electrons. The molecule has 2 amide bonds. The third kappa shape index (κ3) is 1.43. The van der Waals surface area contributed by atoms with E-state index in [2.05, 4.69) is 12.2 Å². The molecule has 1 aliphatic heterocycles. The first-order chi connectivity index (χ1) is 10.6. The zero-order valence-corrected chi connectivity index (χ0v) is 13.0. The van der Waals surface area contributed by atoms with Gasteiger partial charge in [0.15, 0.2) is 0 Å². The van der Waals surface area contributed by atoms with Crippen LogP contribution in [0, 0.1) is 42.4 Å². The molecule has 1 aromatic rings. The van der Waals surface area contributed by atoms with Gasteiger partial charge in [-0.15, -0.1) is 0 Å². The van der Waals surface area contributed by atoms with Crippen molar-refractivity contribution in [2.75, 3.05) is 4.90 Å². The molecule has 6 rings (SSSR count). The minimum absolute atomic E-state index is 0.0281. The highest BCUT2D eigenvalue weighted by atomic mass is 35.5. The lowest BCUT2D eigenvalue weighted by molar-refractivity contribution is -0.124. The van der Waals surface area contributed by atoms with E-state index in [-0.39, 0.29) is 35.5 Å². The second-order valence-electron chi connectivity index (χ2n) is 7.10. The van der Waals surface area contributed by atoms with Crippen molar-refractivity contribution in [2.24, 2.45) is 35.5 Å². The van der Waals surface area contributed by atoms with E-state index in [9.17, 15) is 9.59 Å². The van der Waals surface area contributed by atoms with Gasteiger partial charge in [-0.05, 0) is 54.7 Å². The van der Waals surface area contributed by atoms with Crippen molar-refractivity contribution >= 4 is 29.1 Å². The van der Waals surface area contributed by atoms with Crippen LogP contribution in [-0.2, 0) is 9.59 Å². The second-order valence-corrected chi connectivity index (χ2v) is 7.51. The molecular weight excluding hydrogens is 298 g/mol. The first-order valence-electron chi connectivity index (χ1n) is 7.90. The molecule has 1 aromatic carbocycles. The second kappa shape index (κ2) is 4.02. The Morgan fingerprint density at radius 2 is 1.64 bits per heavy atom. The smallest absolute Gasteiger partial charge is 0.238 e. The Balaban J connectivity index is 1.58. The normalized spacial score (nSPS) is 40.9. The van der Waals surface area contributed by atoms with E-state index in [1.165, 1.54) is 11.3 Å². The highest BCUT2D eigenvalue weighted by Gasteiger charge is 2.67. The number of benzene rings is 1. The summed E-state index contributed by atoms with van der Waals surface area (Å²) in [6.07, 6.45) is 5.57. The Morgan fingerprint density at radius 3 is 2.18 bits per heavy atom. The van der Waals surface area contributed by atoms with Gasteiger partial charge in [-0.1, -0.05) is 29.8 Å². The van der Waals surface area contributed by atoms with E-state index in [1.54, 1.807) is 6.07 Å². The number of rotatable bonds is 1. The lowest BCUT2D eigenvalue weighted by Gasteiger charge is -2.37. The summed E-state index contributed by atoms with van der Waals surface area (Å²) in [7, 11) is 0. The standard InChI is InChI=1S/C18H16ClNO2/c1-8-2-3-9(6-14(8)19)20-17(21)15-10-4-5-11(13-7-12(10)13)16(15)18(20)22/h2-6,10-13,15-16H,7H2,1H3/t10-,11-,12-,13+,15+,16+/m1/s1. The van der Waals surface area contributed by atoms with E-state index in [1.807, 2.05) is 19.1 Å². The molecule has 2 bridgehead atoms. The minimum Gasteiger partial charge on any atom is -0.274 e. The number of carbonyl (C=O) groups is 2. The number of anilines is 1. The largest absolute Gasteiger partial charge is 0.274 e. The fourth-order valence-electron chi connectivity index (χ4n) is 4.93. The van der Waals surface area contributed by atoms with Gasteiger partial charge in [0.2, 0.25) is 11.8 Å². The predicted octanol–water partition coefficient (Wildman–Crippen LogP) is 3.21. The molecule has 0 unspecified atom stereocenters. The molecule has 3 fully saturated rings. The average Bonchev–Trinajstić information content (AvgIpc) is 3.28. The SMILES string of the molecule is Cc1ccc(N2C(=O)[C@H]3[C@@H]4C=C[C@H]([C@@H]5C[C@H]45)[C@@H]3C2=O)cc1Cl. The Labute approximate surface area is 133 Å². The number of halogens is 1. The van der Waals surface area contributed by atoms with Crippen LogP contribution in [0.1, 0.15) is 12.0 Å². The van der Waals surface area contributed by atoms with Crippen LogP contribution in [0.3, 0.4) is 0 Å². The van der Waals surface area contributed by atoms with Crippen LogP contribution in [0.15, 0.2) is 30.4 Å². The molecule has 0 N–H and O–H groups in total. The summed E-state index contributed by atoms with van der Waals surface area (Å²) >= 11 is 6.18. The Bertz CT molecular complexity index is 719. The van der Waals surface area contributed by atoms with Gasteiger partial charge < -0.3 is 0 Å². The van der Waals surface area contributed by atoms with E-state index < -0.39 is 0 Å². The van der Waals surface area contributed by atoms with Crippen molar-refractivity contribution in [1.82, 2.24) is 0 Å². The number of hydrogen-bond acceptors (Lipinski definition) is 2. The highest BCUT2D eigenvalue weighted by molar-refractivity contribution is 6.32. The van der Waals surface area contributed by atoms with Crippen LogP contribution in [0.4, 0.5) is 5.69 Å². The summed E-state index contributed by atoms with van der Waals surface area (Å²) in [6, 6.07) is 5.43. The number of aryl methyl sites for hydroxylation is 1. The monoisotopic (exact) mass is 313 g/mol. The van der Waals surface area contributed by atoms with Crippen LogP contribution >= 0.6 is 11.6 Å². The molecule has 5 aliphatic rings. The predicted molar refractivity (Wildman–Crippen MR) is 83.4 cm³/mol. The van der Waals surface area contributed by atoms with Crippen molar-refractivity contribution in [3.05, 3.63) is 40.9 Å². The van der Waals surface area contributed by atoms with E-state index >= 15 is 0 Å². The highest BCUT2D eigenvalue weighted by Crippen LogP contribution is 2.65. The van der Waals surface area contributed by atoms with Gasteiger partial charge in [0.05, 0.1) is 17.5 Å². The van der Waals surface area contributed by atoms with Crippen LogP contribution in [0.2, 0.25) is 5.02 Å². The topological polar surface area (TPSA) is 37.4 Å². The van der Waals surface area contributed by atoms with Crippen LogP contribution in [0.5, 0.6) is 0 Å². The molecule has 3 nitrogen and oxygen atoms in total. The Kier molecular flexibility index (Phi) is 2.35. The minimum atomic E-state index is -0.147. The number of hydrogen-bond donors (Lipinski definition) is 0. The number of allylic oxidation sites excluding steroid dienone is 2. The summed E-state index contributed by atoms with van der Waals surface area (Å²) in [4.78, 5) is 27.2. The third-order valence-corrected chi connectivity index (χ3v) is 6.48. The van der Waals surface area contributed by atoms with Crippen LogP contribution < -0.4 is 4.90 Å². The quantitative estimate of drug-likeness (QED) is 0.590. The fourth-order valence-corrected chi connectivity index (χ4v) is 5.11. The molecule has 0 radical (unpaired) electrons. The fraction of sp³-hybridized carbons (Fsp3) is 0.444. The molecule has 1 saturated heterocycles. The van der Waals surface area contributed by atoms with Crippen molar-refractivity contribution in [3.8, 4) is 0 Å². The molecule has 22 heavy (non-hydrogen) atoms. The van der Waals surface area contributed by atoms with Gasteiger partial charge in [0, 0.05) is 5.02 Å². The van der Waals surface area contributed by atoms with Gasteiger partial charge in [-0.2, -0.15) is 0 Å². The van der Waals surface area contributed by atoms with E-state index in [0.29, 0.717) is 22.5 Å². The van der Waals surface area contributed by atoms with Crippen LogP contribution in [0.25, 0.3) is 0 Å². The summed E-state index contributed by atoms with van der Waals surface area (Å²) in [6.45, 7) is 1.91. The molecule has 0 aromatic heterocycles. The van der Waals surface area contributed by atoms with Crippen molar-refractivity contribution in [1.29, 1.82) is 0 Å². The molecule has 4 aliphatic carbocycles. The maximum atomic E-state index is 12.9. The van der Waals surface area contributed by atoms with E-state index in [0.717, 1.165) is 5.56 Å². The average molecular weight is 314 g/mol. The third-order valence-electron chi connectivity index (χ3n) is 6.08. The zero-order chi connectivity index (χ0) is 15.2. The summed E-state index contributed by atoms with van der Waals surface area (Å²) in [5, 5.41) is 0.594. The summed E-state index contributed by atoms with van der Waals surface area (Å²) < 4.78 is 0. The summed E-state index contributed by atoms with van der Waals surface area (Å²) in [5.41, 5.74) is 1.57. The lowest BCUT2D eigenvalue weighted by Crippen LogP contribution is -2.40. The maximum absolute atomic E-state index is 12.9. The van der Waals surface area contributed by atoms with Crippen LogP contribution in [-0.4, -0.2) is 11.8 Å². The van der Waals surface area contributed by atoms with Gasteiger partial charge in [0.1, 0.15) is 0 Å². The van der Waals surface area contributed by atoms with Crippen molar-refractivity contribution in [2.45, 2.75) is 13.3 Å². The number of imide groups is 1. The van der Waals surface area contributed by atoms with Gasteiger partial charge in [-0.3, -0.25) is 9.59 Å². The maximum Gasteiger partial charge on any atom is 0.238 e. The Morgan fingerprint density at radius 1 is 1.05 bits per heavy atom. The zero-order valence-electron chi connectivity index (χ0n) is 12.2. The molecular formula is C18H16ClNO2. The molecule has 6 atom stereocenters. The van der Waals surface area contributed by atoms with Crippen molar-refractivity contribution in [3.63, 3.8) is 0 Å². The first kappa shape index (κ1) is 12.9. The number of nitrogens with zero attached hydrogens (tertiary/aromatic N) is 1. The van der Waals surface area contributed by atoms with Gasteiger partial charge in [-0.25, -0.2) is 4.90 Å². The van der Waals surface area contributed by atoms with Gasteiger partial charge >= 0.3 is 0 Å². The first-order valence-corrected chi connectivity index (χ1v) is 8.28. The molecule has 0 spiro atoms. The molecule has 2 saturated carbocycles. The summed E-state index contributed by atoms with van der Waals surface area (Å²) in [5.74, 6) is 1.45. The lowest BCUT2D eigenvalue weighted by atomic mass is 9.63. The molecule has 4 heteroatoms. The number of amides is 2. The van der Waals surface area contributed by atoms with E-state index in [4.69, 9.17) is 11.6 Å².